The lowest BCUT2D eigenvalue weighted by molar-refractivity contribution is 0.229. The van der Waals surface area contributed by atoms with E-state index >= 15 is 0 Å². The molecule has 0 aliphatic carbocycles. The lowest BCUT2D eigenvalue weighted by Gasteiger charge is -2.24. The third kappa shape index (κ3) is 5.15. The maximum atomic E-state index is 8.33. The number of hydrogen-bond acceptors (Lipinski definition) is 2. The van der Waals surface area contributed by atoms with Gasteiger partial charge in [0.1, 0.15) is 0 Å². The molecular weight excluding hydrogens is 148 g/mol. The Bertz CT molecular complexity index is 135. The topological polar surface area (TPSA) is 27.0 Å². The van der Waals surface area contributed by atoms with E-state index < -0.39 is 0 Å². The first-order valence-electron chi connectivity index (χ1n) is 4.83. The van der Waals surface area contributed by atoms with Crippen LogP contribution in [0, 0.1) is 11.3 Å². The van der Waals surface area contributed by atoms with Gasteiger partial charge in [0.15, 0.2) is 0 Å². The summed E-state index contributed by atoms with van der Waals surface area (Å²) in [6, 6.07) is 2.81. The van der Waals surface area contributed by atoms with Crippen LogP contribution in [0.5, 0.6) is 0 Å². The van der Waals surface area contributed by atoms with Crippen molar-refractivity contribution in [1.82, 2.24) is 4.90 Å². The molecule has 0 bridgehead atoms. The molecule has 2 nitrogen and oxygen atoms in total. The molecule has 0 spiro atoms. The lowest BCUT2D eigenvalue weighted by Crippen LogP contribution is -2.31. The predicted octanol–water partition coefficient (Wildman–Crippen LogP) is 2.41. The Morgan fingerprint density at radius 1 is 1.33 bits per heavy atom. The second kappa shape index (κ2) is 7.12. The standard InChI is InChI=1S/C10H20N2/c1-4-12(10(2)3)9-7-5-6-8-11/h10H,4-7,9H2,1-3H3. The van der Waals surface area contributed by atoms with Crippen molar-refractivity contribution in [2.45, 2.75) is 46.1 Å². The molecule has 70 valence electrons. The molecule has 0 heterocycles. The fourth-order valence-electron chi connectivity index (χ4n) is 1.30. The molecule has 0 aromatic heterocycles. The summed E-state index contributed by atoms with van der Waals surface area (Å²) in [6.45, 7) is 8.87. The minimum absolute atomic E-state index is 0.636. The zero-order valence-corrected chi connectivity index (χ0v) is 8.51. The maximum absolute atomic E-state index is 8.33. The van der Waals surface area contributed by atoms with Crippen LogP contribution in [-0.2, 0) is 0 Å². The van der Waals surface area contributed by atoms with Crippen LogP contribution in [-0.4, -0.2) is 24.0 Å². The van der Waals surface area contributed by atoms with E-state index in [0.717, 1.165) is 25.9 Å². The van der Waals surface area contributed by atoms with E-state index in [1.165, 1.54) is 0 Å². The van der Waals surface area contributed by atoms with Gasteiger partial charge in [-0.2, -0.15) is 5.26 Å². The SMILES string of the molecule is CCN(CCCCC#N)C(C)C. The van der Waals surface area contributed by atoms with E-state index in [0.29, 0.717) is 12.5 Å². The summed E-state index contributed by atoms with van der Waals surface area (Å²) < 4.78 is 0. The summed E-state index contributed by atoms with van der Waals surface area (Å²) in [4.78, 5) is 2.43. The number of rotatable bonds is 6. The highest BCUT2D eigenvalue weighted by Crippen LogP contribution is 2.02. The molecule has 0 radical (unpaired) electrons. The Balaban J connectivity index is 3.40. The molecule has 0 unspecified atom stereocenters. The van der Waals surface area contributed by atoms with Gasteiger partial charge in [-0.15, -0.1) is 0 Å². The van der Waals surface area contributed by atoms with E-state index in [1.54, 1.807) is 0 Å². The third-order valence-electron chi connectivity index (χ3n) is 2.12. The van der Waals surface area contributed by atoms with Crippen LogP contribution < -0.4 is 0 Å². The molecule has 0 amide bonds. The molecule has 0 N–H and O–H groups in total. The zero-order valence-electron chi connectivity index (χ0n) is 8.51. The van der Waals surface area contributed by atoms with Gasteiger partial charge in [-0.25, -0.2) is 0 Å². The van der Waals surface area contributed by atoms with Crippen molar-refractivity contribution in [3.05, 3.63) is 0 Å². The summed E-state index contributed by atoms with van der Waals surface area (Å²) in [5.74, 6) is 0. The van der Waals surface area contributed by atoms with Gasteiger partial charge < -0.3 is 4.90 Å². The van der Waals surface area contributed by atoms with Gasteiger partial charge in [0, 0.05) is 12.5 Å². The van der Waals surface area contributed by atoms with Crippen LogP contribution >= 0.6 is 0 Å². The van der Waals surface area contributed by atoms with Crippen LogP contribution in [0.1, 0.15) is 40.0 Å². The zero-order chi connectivity index (χ0) is 9.40. The van der Waals surface area contributed by atoms with Crippen molar-refractivity contribution < 1.29 is 0 Å². The van der Waals surface area contributed by atoms with Crippen LogP contribution in [0.15, 0.2) is 0 Å². The van der Waals surface area contributed by atoms with Gasteiger partial charge >= 0.3 is 0 Å². The fourth-order valence-corrected chi connectivity index (χ4v) is 1.30. The molecule has 0 aromatic rings. The summed E-state index contributed by atoms with van der Waals surface area (Å²) >= 11 is 0. The van der Waals surface area contributed by atoms with Crippen molar-refractivity contribution in [1.29, 1.82) is 5.26 Å². The molecule has 0 fully saturated rings. The predicted molar refractivity (Wildman–Crippen MR) is 51.8 cm³/mol. The quantitative estimate of drug-likeness (QED) is 0.569. The van der Waals surface area contributed by atoms with Gasteiger partial charge in [0.05, 0.1) is 6.07 Å². The van der Waals surface area contributed by atoms with Gasteiger partial charge in [-0.05, 0) is 39.8 Å². The van der Waals surface area contributed by atoms with E-state index in [1.807, 2.05) is 0 Å². The smallest absolute Gasteiger partial charge is 0.0621 e. The average Bonchev–Trinajstić information content (AvgIpc) is 2.04. The first-order valence-corrected chi connectivity index (χ1v) is 4.83. The third-order valence-corrected chi connectivity index (χ3v) is 2.12. The van der Waals surface area contributed by atoms with Crippen LogP contribution in [0.25, 0.3) is 0 Å². The highest BCUT2D eigenvalue weighted by Gasteiger charge is 2.04. The molecule has 0 atom stereocenters. The first kappa shape index (κ1) is 11.4. The molecular formula is C10H20N2. The Labute approximate surface area is 76.2 Å². The molecule has 2 heteroatoms. The van der Waals surface area contributed by atoms with Gasteiger partial charge in [-0.1, -0.05) is 6.92 Å². The molecule has 0 aliphatic rings. The van der Waals surface area contributed by atoms with Crippen molar-refractivity contribution in [2.75, 3.05) is 13.1 Å². The van der Waals surface area contributed by atoms with Crippen LogP contribution in [0.4, 0.5) is 0 Å². The second-order valence-electron chi connectivity index (χ2n) is 3.34. The minimum atomic E-state index is 0.636. The highest BCUT2D eigenvalue weighted by atomic mass is 15.1. The number of hydrogen-bond donors (Lipinski definition) is 0. The van der Waals surface area contributed by atoms with Gasteiger partial charge in [0.25, 0.3) is 0 Å². The molecule has 0 saturated heterocycles. The number of nitrogens with zero attached hydrogens (tertiary/aromatic N) is 2. The summed E-state index contributed by atoms with van der Waals surface area (Å²) in [6.07, 6.45) is 2.90. The highest BCUT2D eigenvalue weighted by molar-refractivity contribution is 4.69. The van der Waals surface area contributed by atoms with E-state index in [4.69, 9.17) is 5.26 Å². The Morgan fingerprint density at radius 3 is 2.42 bits per heavy atom. The van der Waals surface area contributed by atoms with Gasteiger partial charge in [-0.3, -0.25) is 0 Å². The largest absolute Gasteiger partial charge is 0.301 e. The molecule has 0 rings (SSSR count). The molecule has 0 aliphatic heterocycles. The maximum Gasteiger partial charge on any atom is 0.0621 e. The second-order valence-corrected chi connectivity index (χ2v) is 3.34. The van der Waals surface area contributed by atoms with Crippen LogP contribution in [0.3, 0.4) is 0 Å². The summed E-state index contributed by atoms with van der Waals surface area (Å²) in [5, 5.41) is 8.33. The van der Waals surface area contributed by atoms with E-state index in [2.05, 4.69) is 31.7 Å². The molecule has 12 heavy (non-hydrogen) atoms. The average molecular weight is 168 g/mol. The van der Waals surface area contributed by atoms with Gasteiger partial charge in [0.2, 0.25) is 0 Å². The van der Waals surface area contributed by atoms with Crippen molar-refractivity contribution in [3.63, 3.8) is 0 Å². The lowest BCUT2D eigenvalue weighted by atomic mass is 10.2. The Hall–Kier alpha value is -0.550. The Morgan fingerprint density at radius 2 is 2.00 bits per heavy atom. The van der Waals surface area contributed by atoms with Crippen molar-refractivity contribution >= 4 is 0 Å². The first-order chi connectivity index (χ1) is 5.72. The van der Waals surface area contributed by atoms with Crippen molar-refractivity contribution in [2.24, 2.45) is 0 Å². The molecule has 0 aromatic carbocycles. The fraction of sp³-hybridized carbons (Fsp3) is 0.900. The normalized spacial score (nSPS) is 10.7. The van der Waals surface area contributed by atoms with E-state index in [-0.39, 0.29) is 0 Å². The number of unbranched alkanes of at least 4 members (excludes halogenated alkanes) is 2. The minimum Gasteiger partial charge on any atom is -0.301 e. The van der Waals surface area contributed by atoms with Crippen LogP contribution in [0.2, 0.25) is 0 Å². The summed E-state index contributed by atoms with van der Waals surface area (Å²) in [7, 11) is 0. The summed E-state index contributed by atoms with van der Waals surface area (Å²) in [5.41, 5.74) is 0. The monoisotopic (exact) mass is 168 g/mol. The van der Waals surface area contributed by atoms with Crippen molar-refractivity contribution in [3.8, 4) is 6.07 Å². The Kier molecular flexibility index (Phi) is 6.79. The number of nitriles is 1. The molecule has 0 saturated carbocycles. The van der Waals surface area contributed by atoms with E-state index in [9.17, 15) is 0 Å².